The number of nitrogens with one attached hydrogen (secondary N) is 2. The van der Waals surface area contributed by atoms with Crippen molar-refractivity contribution in [1.29, 1.82) is 0 Å². The van der Waals surface area contributed by atoms with Crippen LogP contribution in [-0.2, 0) is 16.0 Å². The maximum atomic E-state index is 11.9. The third-order valence-corrected chi connectivity index (χ3v) is 3.50. The van der Waals surface area contributed by atoms with Crippen molar-refractivity contribution < 1.29 is 19.1 Å². The molecule has 26 heavy (non-hydrogen) atoms. The van der Waals surface area contributed by atoms with Crippen LogP contribution >= 0.6 is 0 Å². The molecule has 136 valence electrons. The first-order valence-corrected chi connectivity index (χ1v) is 7.97. The predicted octanol–water partition coefficient (Wildman–Crippen LogP) is 1.51. The third kappa shape index (κ3) is 5.94. The van der Waals surface area contributed by atoms with Crippen molar-refractivity contribution in [3.05, 3.63) is 59.7 Å². The molecular weight excluding hydrogens is 334 g/mol. The number of rotatable bonds is 8. The Kier molecular flexibility index (Phi) is 7.17. The van der Waals surface area contributed by atoms with Gasteiger partial charge in [-0.15, -0.1) is 0 Å². The fourth-order valence-corrected chi connectivity index (χ4v) is 2.16. The van der Waals surface area contributed by atoms with Crippen LogP contribution in [-0.4, -0.2) is 38.8 Å². The molecule has 2 rings (SSSR count). The van der Waals surface area contributed by atoms with Gasteiger partial charge in [0.05, 0.1) is 33.4 Å². The smallest absolute Gasteiger partial charge is 0.259 e. The van der Waals surface area contributed by atoms with E-state index in [0.29, 0.717) is 5.75 Å². The molecule has 0 spiro atoms. The van der Waals surface area contributed by atoms with Crippen LogP contribution in [0.3, 0.4) is 0 Å². The van der Waals surface area contributed by atoms with Crippen LogP contribution in [0.5, 0.6) is 11.5 Å². The van der Waals surface area contributed by atoms with Crippen molar-refractivity contribution in [2.45, 2.75) is 6.42 Å². The zero-order chi connectivity index (χ0) is 18.8. The van der Waals surface area contributed by atoms with E-state index in [1.54, 1.807) is 44.6 Å². The summed E-state index contributed by atoms with van der Waals surface area (Å²) in [4.78, 5) is 23.6. The van der Waals surface area contributed by atoms with Crippen LogP contribution in [0.4, 0.5) is 0 Å². The van der Waals surface area contributed by atoms with Crippen molar-refractivity contribution in [2.75, 3.05) is 20.8 Å². The highest BCUT2D eigenvalue weighted by atomic mass is 16.5. The van der Waals surface area contributed by atoms with E-state index < -0.39 is 5.91 Å². The van der Waals surface area contributed by atoms with Gasteiger partial charge in [0.25, 0.3) is 5.91 Å². The number of carbonyl (C=O) groups is 2. The monoisotopic (exact) mass is 355 g/mol. The number of amides is 2. The van der Waals surface area contributed by atoms with Crippen molar-refractivity contribution in [2.24, 2.45) is 5.10 Å². The second kappa shape index (κ2) is 9.83. The molecular formula is C19H21N3O4. The lowest BCUT2D eigenvalue weighted by atomic mass is 10.1. The lowest BCUT2D eigenvalue weighted by molar-refractivity contribution is -0.125. The van der Waals surface area contributed by atoms with Crippen LogP contribution in [0.25, 0.3) is 0 Å². The third-order valence-electron chi connectivity index (χ3n) is 3.50. The standard InChI is InChI=1S/C19H21N3O4/c1-25-16-9-7-14(8-10-16)11-18(23)20-13-19(24)22-21-12-15-5-3-4-6-17(15)26-2/h3-10,12H,11,13H2,1-2H3,(H,20,23)(H,22,24)/b21-12+. The molecule has 7 heteroatoms. The summed E-state index contributed by atoms with van der Waals surface area (Å²) in [5.41, 5.74) is 3.93. The number of hydrogen-bond donors (Lipinski definition) is 2. The first-order valence-electron chi connectivity index (χ1n) is 7.97. The van der Waals surface area contributed by atoms with Crippen LogP contribution in [0.15, 0.2) is 53.6 Å². The highest BCUT2D eigenvalue weighted by Crippen LogP contribution is 2.14. The highest BCUT2D eigenvalue weighted by molar-refractivity contribution is 5.87. The first-order chi connectivity index (χ1) is 12.6. The van der Waals surface area contributed by atoms with Crippen molar-refractivity contribution >= 4 is 18.0 Å². The number of nitrogens with zero attached hydrogens (tertiary/aromatic N) is 1. The number of carbonyl (C=O) groups excluding carboxylic acids is 2. The van der Waals surface area contributed by atoms with Gasteiger partial charge in [0.2, 0.25) is 5.91 Å². The van der Waals surface area contributed by atoms with Gasteiger partial charge < -0.3 is 14.8 Å². The predicted molar refractivity (Wildman–Crippen MR) is 98.4 cm³/mol. The molecule has 0 aliphatic rings. The molecule has 0 radical (unpaired) electrons. The molecule has 0 aliphatic heterocycles. The Morgan fingerprint density at radius 2 is 1.73 bits per heavy atom. The number of para-hydroxylation sites is 1. The van der Waals surface area contributed by atoms with Crippen molar-refractivity contribution in [1.82, 2.24) is 10.7 Å². The van der Waals surface area contributed by atoms with Crippen LogP contribution in [0, 0.1) is 0 Å². The van der Waals surface area contributed by atoms with E-state index in [4.69, 9.17) is 9.47 Å². The Hall–Kier alpha value is -3.35. The molecule has 0 saturated carbocycles. The summed E-state index contributed by atoms with van der Waals surface area (Å²) >= 11 is 0. The van der Waals surface area contributed by atoms with Gasteiger partial charge in [-0.3, -0.25) is 9.59 Å². The van der Waals surface area contributed by atoms with E-state index >= 15 is 0 Å². The van der Waals surface area contributed by atoms with Gasteiger partial charge in [0, 0.05) is 5.56 Å². The van der Waals surface area contributed by atoms with Gasteiger partial charge >= 0.3 is 0 Å². The molecule has 2 aromatic rings. The maximum Gasteiger partial charge on any atom is 0.259 e. The van der Waals surface area contributed by atoms with Gasteiger partial charge in [0.1, 0.15) is 11.5 Å². The fraction of sp³-hybridized carbons (Fsp3) is 0.211. The molecule has 2 amide bonds. The molecule has 0 aromatic heterocycles. The summed E-state index contributed by atoms with van der Waals surface area (Å²) < 4.78 is 10.2. The minimum atomic E-state index is -0.417. The van der Waals surface area contributed by atoms with Gasteiger partial charge in [0.15, 0.2) is 0 Å². The molecule has 7 nitrogen and oxygen atoms in total. The first kappa shape index (κ1) is 19.0. The Morgan fingerprint density at radius 1 is 1.00 bits per heavy atom. The molecule has 0 heterocycles. The van der Waals surface area contributed by atoms with E-state index in [0.717, 1.165) is 16.9 Å². The van der Waals surface area contributed by atoms with E-state index in [-0.39, 0.29) is 18.9 Å². The number of hydrazone groups is 1. The normalized spacial score (nSPS) is 10.4. The van der Waals surface area contributed by atoms with Crippen LogP contribution in [0.2, 0.25) is 0 Å². The topological polar surface area (TPSA) is 89.0 Å². The van der Waals surface area contributed by atoms with E-state index in [1.807, 2.05) is 18.2 Å². The maximum absolute atomic E-state index is 11.9. The summed E-state index contributed by atoms with van der Waals surface area (Å²) in [7, 11) is 3.14. The Balaban J connectivity index is 1.75. The van der Waals surface area contributed by atoms with Crippen molar-refractivity contribution in [3.63, 3.8) is 0 Å². The average Bonchev–Trinajstić information content (AvgIpc) is 2.67. The van der Waals surface area contributed by atoms with E-state index in [9.17, 15) is 9.59 Å². The second-order valence-corrected chi connectivity index (χ2v) is 5.34. The minimum absolute atomic E-state index is 0.155. The number of hydrogen-bond acceptors (Lipinski definition) is 5. The highest BCUT2D eigenvalue weighted by Gasteiger charge is 2.06. The molecule has 0 bridgehead atoms. The lowest BCUT2D eigenvalue weighted by Gasteiger charge is -2.06. The number of benzene rings is 2. The SMILES string of the molecule is COc1ccc(CC(=O)NCC(=O)N/N=C/c2ccccc2OC)cc1. The van der Waals surface area contributed by atoms with Gasteiger partial charge in [-0.25, -0.2) is 5.43 Å². The van der Waals surface area contributed by atoms with Gasteiger partial charge in [-0.1, -0.05) is 24.3 Å². The average molecular weight is 355 g/mol. The zero-order valence-corrected chi connectivity index (χ0v) is 14.7. The van der Waals surface area contributed by atoms with Crippen LogP contribution < -0.4 is 20.2 Å². The summed E-state index contributed by atoms with van der Waals surface area (Å²) in [5.74, 6) is 0.706. The molecule has 0 unspecified atom stereocenters. The fourth-order valence-electron chi connectivity index (χ4n) is 2.16. The van der Waals surface area contributed by atoms with E-state index in [1.165, 1.54) is 6.21 Å². The Morgan fingerprint density at radius 3 is 2.42 bits per heavy atom. The minimum Gasteiger partial charge on any atom is -0.497 e. The lowest BCUT2D eigenvalue weighted by Crippen LogP contribution is -2.35. The molecule has 0 atom stereocenters. The van der Waals surface area contributed by atoms with Gasteiger partial charge in [-0.05, 0) is 29.8 Å². The summed E-state index contributed by atoms with van der Waals surface area (Å²) in [5, 5.41) is 6.41. The molecule has 2 aromatic carbocycles. The Labute approximate surface area is 152 Å². The van der Waals surface area contributed by atoms with Crippen LogP contribution in [0.1, 0.15) is 11.1 Å². The molecule has 2 N–H and O–H groups in total. The zero-order valence-electron chi connectivity index (χ0n) is 14.7. The largest absolute Gasteiger partial charge is 0.497 e. The van der Waals surface area contributed by atoms with Crippen molar-refractivity contribution in [3.8, 4) is 11.5 Å². The second-order valence-electron chi connectivity index (χ2n) is 5.34. The summed E-state index contributed by atoms with van der Waals surface area (Å²) in [6.45, 7) is -0.155. The summed E-state index contributed by atoms with van der Waals surface area (Å²) in [6.07, 6.45) is 1.66. The molecule has 0 saturated heterocycles. The van der Waals surface area contributed by atoms with E-state index in [2.05, 4.69) is 15.8 Å². The summed E-state index contributed by atoms with van der Waals surface area (Å²) in [6, 6.07) is 14.4. The Bertz CT molecular complexity index is 773. The molecule has 0 fully saturated rings. The van der Waals surface area contributed by atoms with Gasteiger partial charge in [-0.2, -0.15) is 5.10 Å². The number of ether oxygens (including phenoxy) is 2. The number of methoxy groups -OCH3 is 2. The molecule has 0 aliphatic carbocycles. The quantitative estimate of drug-likeness (QED) is 0.555.